The predicted octanol–water partition coefficient (Wildman–Crippen LogP) is 3.25. The Morgan fingerprint density at radius 2 is 1.69 bits per heavy atom. The summed E-state index contributed by atoms with van der Waals surface area (Å²) >= 11 is 0. The smallest absolute Gasteiger partial charge is 0.233 e. The number of allylic oxidation sites excluding steroid dienone is 6. The van der Waals surface area contributed by atoms with Crippen molar-refractivity contribution in [3.8, 4) is 17.2 Å². The maximum Gasteiger partial charge on any atom is 0.233 e. The number of carbonyl (C=O) groups excluding carboxylic acids is 4. The Morgan fingerprint density at radius 3 is 2.31 bits per heavy atom. The normalized spacial score (nSPS) is 27.4. The molecule has 4 aliphatic rings. The second-order valence-corrected chi connectivity index (χ2v) is 9.83. The van der Waals surface area contributed by atoms with E-state index < -0.39 is 17.8 Å². The number of rotatable bonds is 5. The molecule has 1 saturated heterocycles. The molecule has 188 valence electrons. The van der Waals surface area contributed by atoms with E-state index in [-0.39, 0.29) is 53.0 Å². The SMILES string of the molecule is CCCN1C(=O)[C@H]2[C@H](CC=C3[C@H](c4cc(OC)c(O)c(OC)c4)C4=C(C[C@H]32)C(=O)C(C)=CC4=O)C1=O. The molecule has 0 bridgehead atoms. The fraction of sp³-hybridized carbons (Fsp3) is 0.429. The largest absolute Gasteiger partial charge is 0.502 e. The van der Waals surface area contributed by atoms with Crippen LogP contribution >= 0.6 is 0 Å². The summed E-state index contributed by atoms with van der Waals surface area (Å²) in [4.78, 5) is 54.6. The number of hydrogen-bond donors (Lipinski definition) is 1. The molecule has 5 rings (SSSR count). The molecule has 1 N–H and O–H groups in total. The van der Waals surface area contributed by atoms with E-state index in [0.29, 0.717) is 41.7 Å². The first-order valence-corrected chi connectivity index (χ1v) is 12.2. The van der Waals surface area contributed by atoms with Gasteiger partial charge >= 0.3 is 0 Å². The van der Waals surface area contributed by atoms with Gasteiger partial charge in [-0.3, -0.25) is 24.1 Å². The van der Waals surface area contributed by atoms with Crippen LogP contribution in [0.4, 0.5) is 0 Å². The summed E-state index contributed by atoms with van der Waals surface area (Å²) in [5, 5.41) is 10.5. The van der Waals surface area contributed by atoms with E-state index >= 15 is 0 Å². The summed E-state index contributed by atoms with van der Waals surface area (Å²) in [6, 6.07) is 3.27. The number of nitrogens with zero attached hydrogens (tertiary/aromatic N) is 1. The third kappa shape index (κ3) is 3.34. The van der Waals surface area contributed by atoms with E-state index in [0.717, 1.165) is 5.57 Å². The van der Waals surface area contributed by atoms with Gasteiger partial charge in [0.25, 0.3) is 0 Å². The Morgan fingerprint density at radius 1 is 1.03 bits per heavy atom. The second kappa shape index (κ2) is 8.76. The third-order valence-corrected chi connectivity index (χ3v) is 7.94. The topological polar surface area (TPSA) is 110 Å². The number of fused-ring (bicyclic) bond motifs is 3. The van der Waals surface area contributed by atoms with Crippen LogP contribution in [0.1, 0.15) is 44.6 Å². The van der Waals surface area contributed by atoms with E-state index in [2.05, 4.69) is 0 Å². The number of ether oxygens (including phenoxy) is 2. The molecule has 0 aromatic heterocycles. The number of phenolic OH excluding ortho intramolecular Hbond substituents is 1. The highest BCUT2D eigenvalue weighted by atomic mass is 16.5. The number of methoxy groups -OCH3 is 2. The first-order chi connectivity index (χ1) is 17.2. The lowest BCUT2D eigenvalue weighted by Gasteiger charge is -2.42. The zero-order valence-electron chi connectivity index (χ0n) is 20.8. The predicted molar refractivity (Wildman–Crippen MR) is 130 cm³/mol. The Bertz CT molecular complexity index is 1280. The van der Waals surface area contributed by atoms with Crippen molar-refractivity contribution < 1.29 is 33.8 Å². The Labute approximate surface area is 209 Å². The fourth-order valence-electron chi connectivity index (χ4n) is 6.35. The summed E-state index contributed by atoms with van der Waals surface area (Å²) in [5.74, 6) is -2.71. The van der Waals surface area contributed by atoms with Gasteiger partial charge in [-0.15, -0.1) is 0 Å². The number of likely N-dealkylation sites (tertiary alicyclic amines) is 1. The first-order valence-electron chi connectivity index (χ1n) is 12.2. The number of ketones is 2. The molecule has 8 heteroatoms. The van der Waals surface area contributed by atoms with Crippen molar-refractivity contribution >= 4 is 23.4 Å². The van der Waals surface area contributed by atoms with Crippen LogP contribution in [0.3, 0.4) is 0 Å². The van der Waals surface area contributed by atoms with Crippen LogP contribution in [0, 0.1) is 17.8 Å². The summed E-state index contributed by atoms with van der Waals surface area (Å²) in [6.45, 7) is 3.91. The van der Waals surface area contributed by atoms with Gasteiger partial charge < -0.3 is 14.6 Å². The van der Waals surface area contributed by atoms with Gasteiger partial charge in [-0.05, 0) is 55.9 Å². The van der Waals surface area contributed by atoms with Crippen LogP contribution in [0.25, 0.3) is 0 Å². The highest BCUT2D eigenvalue weighted by Gasteiger charge is 2.56. The van der Waals surface area contributed by atoms with Crippen LogP contribution in [-0.4, -0.2) is 54.2 Å². The number of Topliss-reactive ketones (excluding diaryl/α,β-unsaturated/α-hetero) is 1. The molecular formula is C28H29NO7. The van der Waals surface area contributed by atoms with E-state index in [1.807, 2.05) is 13.0 Å². The highest BCUT2D eigenvalue weighted by Crippen LogP contribution is 2.56. The Hall–Kier alpha value is -3.68. The lowest BCUT2D eigenvalue weighted by Crippen LogP contribution is -2.39. The number of amides is 2. The maximum atomic E-state index is 13.5. The molecule has 36 heavy (non-hydrogen) atoms. The fourth-order valence-corrected chi connectivity index (χ4v) is 6.35. The molecule has 1 fully saturated rings. The Kier molecular flexibility index (Phi) is 5.85. The van der Waals surface area contributed by atoms with Crippen molar-refractivity contribution in [2.45, 2.75) is 39.0 Å². The van der Waals surface area contributed by atoms with Gasteiger partial charge in [0.2, 0.25) is 17.6 Å². The van der Waals surface area contributed by atoms with Gasteiger partial charge in [0.15, 0.2) is 23.1 Å². The molecular weight excluding hydrogens is 462 g/mol. The van der Waals surface area contributed by atoms with Crippen LogP contribution in [0.5, 0.6) is 17.2 Å². The number of hydrogen-bond acceptors (Lipinski definition) is 7. The average Bonchev–Trinajstić information content (AvgIpc) is 3.11. The van der Waals surface area contributed by atoms with E-state index in [1.165, 1.54) is 25.2 Å². The van der Waals surface area contributed by atoms with Crippen LogP contribution in [0.15, 0.2) is 46.6 Å². The zero-order valence-corrected chi connectivity index (χ0v) is 20.8. The number of aromatic hydroxyl groups is 1. The third-order valence-electron chi connectivity index (χ3n) is 7.94. The van der Waals surface area contributed by atoms with Crippen molar-refractivity contribution in [1.82, 2.24) is 4.90 Å². The van der Waals surface area contributed by atoms with Crippen molar-refractivity contribution in [2.75, 3.05) is 20.8 Å². The van der Waals surface area contributed by atoms with Crippen LogP contribution in [0.2, 0.25) is 0 Å². The molecule has 8 nitrogen and oxygen atoms in total. The standard InChI is InChI=1S/C28H29NO7/c1-5-8-29-27(33)16-7-6-15-17(23(16)28(29)34)12-18-24(19(30)9-13(2)25(18)31)22(15)14-10-20(35-3)26(32)21(11-14)36-4/h6,9-11,16-17,22-23,32H,5,7-8,12H2,1-4H3/t16-,17+,22-,23-/m0/s1. The van der Waals surface area contributed by atoms with Gasteiger partial charge in [0.1, 0.15) is 0 Å². The second-order valence-electron chi connectivity index (χ2n) is 9.83. The molecule has 0 spiro atoms. The molecule has 3 aliphatic carbocycles. The number of imide groups is 1. The lowest BCUT2D eigenvalue weighted by atomic mass is 9.59. The quantitative estimate of drug-likeness (QED) is 0.382. The minimum absolute atomic E-state index is 0.159. The molecule has 0 saturated carbocycles. The summed E-state index contributed by atoms with van der Waals surface area (Å²) in [7, 11) is 2.84. The molecule has 4 atom stereocenters. The van der Waals surface area contributed by atoms with Crippen LogP contribution in [-0.2, 0) is 19.2 Å². The summed E-state index contributed by atoms with van der Waals surface area (Å²) < 4.78 is 10.7. The van der Waals surface area contributed by atoms with E-state index in [1.54, 1.807) is 19.1 Å². The summed E-state index contributed by atoms with van der Waals surface area (Å²) in [6.07, 6.45) is 4.63. The van der Waals surface area contributed by atoms with E-state index in [4.69, 9.17) is 9.47 Å². The minimum Gasteiger partial charge on any atom is -0.502 e. The lowest BCUT2D eigenvalue weighted by molar-refractivity contribution is -0.140. The molecule has 2 amide bonds. The van der Waals surface area contributed by atoms with Crippen LogP contribution < -0.4 is 9.47 Å². The first kappa shape index (κ1) is 24.0. The molecule has 1 aliphatic heterocycles. The van der Waals surface area contributed by atoms with E-state index in [9.17, 15) is 24.3 Å². The molecule has 0 radical (unpaired) electrons. The number of phenols is 1. The van der Waals surface area contributed by atoms with Crippen molar-refractivity contribution in [3.63, 3.8) is 0 Å². The monoisotopic (exact) mass is 491 g/mol. The van der Waals surface area contributed by atoms with Gasteiger partial charge in [0, 0.05) is 29.2 Å². The van der Waals surface area contributed by atoms with Crippen molar-refractivity contribution in [3.05, 3.63) is 52.1 Å². The summed E-state index contributed by atoms with van der Waals surface area (Å²) in [5.41, 5.74) is 2.59. The van der Waals surface area contributed by atoms with Gasteiger partial charge in [-0.25, -0.2) is 0 Å². The van der Waals surface area contributed by atoms with Gasteiger partial charge in [-0.2, -0.15) is 0 Å². The minimum atomic E-state index is -0.632. The number of carbonyl (C=O) groups is 4. The highest BCUT2D eigenvalue weighted by molar-refractivity contribution is 6.23. The van der Waals surface area contributed by atoms with Crippen molar-refractivity contribution in [1.29, 1.82) is 0 Å². The van der Waals surface area contributed by atoms with Gasteiger partial charge in [-0.1, -0.05) is 18.6 Å². The average molecular weight is 492 g/mol. The number of benzene rings is 1. The maximum absolute atomic E-state index is 13.5. The van der Waals surface area contributed by atoms with Crippen molar-refractivity contribution in [2.24, 2.45) is 17.8 Å². The van der Waals surface area contributed by atoms with Gasteiger partial charge in [0.05, 0.1) is 26.1 Å². The Balaban J connectivity index is 1.71. The molecule has 1 heterocycles. The molecule has 1 aromatic rings. The molecule has 1 aromatic carbocycles. The molecule has 0 unspecified atom stereocenters. The zero-order chi connectivity index (χ0) is 25.9.